The fraction of sp³-hybridized carbons (Fsp3) is 0. The van der Waals surface area contributed by atoms with Gasteiger partial charge in [-0.3, -0.25) is 0 Å². The molecule has 1 aromatic heterocycles. The summed E-state index contributed by atoms with van der Waals surface area (Å²) in [6.07, 6.45) is 0. The van der Waals surface area contributed by atoms with Crippen LogP contribution < -0.4 is 0 Å². The van der Waals surface area contributed by atoms with Gasteiger partial charge in [0.25, 0.3) is 0 Å². The van der Waals surface area contributed by atoms with Crippen LogP contribution in [0, 0.1) is 0 Å². The Labute approximate surface area is 276 Å². The van der Waals surface area contributed by atoms with Crippen LogP contribution in [0.1, 0.15) is 0 Å². The van der Waals surface area contributed by atoms with Gasteiger partial charge in [-0.1, -0.05) is 140 Å². The first-order chi connectivity index (χ1) is 23.3. The van der Waals surface area contributed by atoms with Crippen LogP contribution in [0.3, 0.4) is 0 Å². The summed E-state index contributed by atoms with van der Waals surface area (Å²) in [5.41, 5.74) is 7.54. The van der Waals surface area contributed by atoms with Crippen molar-refractivity contribution in [2.24, 2.45) is 0 Å². The molecule has 0 spiro atoms. The molecule has 9 aromatic carbocycles. The highest BCUT2D eigenvalue weighted by molar-refractivity contribution is 7.25. The number of rotatable bonds is 3. The molecule has 0 radical (unpaired) electrons. The first-order valence-corrected chi connectivity index (χ1v) is 17.0. The van der Waals surface area contributed by atoms with Gasteiger partial charge in [-0.05, 0) is 107 Å². The standard InChI is InChI=1S/C46H28S/c1-2-12-31-26-33(21-20-29(31)10-1)32-13-9-14-34(27-32)45-39-18-6-5-17-38(39)44(40-24-22-30-11-3-4-15-36(30)46(40)45)35-23-25-43-41(28-35)37-16-7-8-19-42(37)47-43/h1-28H. The zero-order valence-electron chi connectivity index (χ0n) is 25.6. The molecule has 218 valence electrons. The van der Waals surface area contributed by atoms with Crippen molar-refractivity contribution in [1.29, 1.82) is 0 Å². The molecular formula is C46H28S. The van der Waals surface area contributed by atoms with Gasteiger partial charge in [0.15, 0.2) is 0 Å². The van der Waals surface area contributed by atoms with Gasteiger partial charge in [-0.15, -0.1) is 11.3 Å². The summed E-state index contributed by atoms with van der Waals surface area (Å²) in [6, 6.07) is 62.9. The van der Waals surface area contributed by atoms with Crippen LogP contribution in [-0.2, 0) is 0 Å². The first kappa shape index (κ1) is 26.5. The van der Waals surface area contributed by atoms with Gasteiger partial charge in [0.05, 0.1) is 0 Å². The van der Waals surface area contributed by atoms with Crippen molar-refractivity contribution in [2.75, 3.05) is 0 Å². The fourth-order valence-corrected chi connectivity index (χ4v) is 8.75. The highest BCUT2D eigenvalue weighted by Crippen LogP contribution is 2.47. The predicted molar refractivity (Wildman–Crippen MR) is 206 cm³/mol. The van der Waals surface area contributed by atoms with Crippen molar-refractivity contribution in [2.45, 2.75) is 0 Å². The van der Waals surface area contributed by atoms with E-state index in [0.717, 1.165) is 0 Å². The van der Waals surface area contributed by atoms with E-state index >= 15 is 0 Å². The maximum absolute atomic E-state index is 2.42. The summed E-state index contributed by atoms with van der Waals surface area (Å²) in [5, 5.41) is 12.9. The van der Waals surface area contributed by atoms with Gasteiger partial charge in [0.1, 0.15) is 0 Å². The monoisotopic (exact) mass is 612 g/mol. The quantitative estimate of drug-likeness (QED) is 0.138. The molecule has 1 heteroatoms. The molecular weight excluding hydrogens is 585 g/mol. The Morgan fingerprint density at radius 3 is 1.74 bits per heavy atom. The van der Waals surface area contributed by atoms with Gasteiger partial charge in [0, 0.05) is 20.2 Å². The minimum atomic E-state index is 1.23. The average Bonchev–Trinajstić information content (AvgIpc) is 3.51. The van der Waals surface area contributed by atoms with E-state index in [0.29, 0.717) is 0 Å². The SMILES string of the molecule is c1cc(-c2ccc3ccccc3c2)cc(-c2c3ccccc3c(-c3ccc4sc5ccccc5c4c3)c3ccc4ccccc4c23)c1. The minimum Gasteiger partial charge on any atom is -0.135 e. The zero-order chi connectivity index (χ0) is 30.9. The van der Waals surface area contributed by atoms with E-state index < -0.39 is 0 Å². The summed E-state index contributed by atoms with van der Waals surface area (Å²) in [7, 11) is 0. The topological polar surface area (TPSA) is 0 Å². The highest BCUT2D eigenvalue weighted by atomic mass is 32.1. The second kappa shape index (κ2) is 10.4. The summed E-state index contributed by atoms with van der Waals surface area (Å²) in [5.74, 6) is 0. The van der Waals surface area contributed by atoms with Crippen LogP contribution in [-0.4, -0.2) is 0 Å². The second-order valence-corrected chi connectivity index (χ2v) is 13.5. The third kappa shape index (κ3) is 4.14. The lowest BCUT2D eigenvalue weighted by Crippen LogP contribution is -1.92. The third-order valence-electron chi connectivity index (χ3n) is 9.81. The molecule has 0 fully saturated rings. The third-order valence-corrected chi connectivity index (χ3v) is 11.0. The Balaban J connectivity index is 1.30. The van der Waals surface area contributed by atoms with E-state index in [1.54, 1.807) is 0 Å². The van der Waals surface area contributed by atoms with Gasteiger partial charge in [0.2, 0.25) is 0 Å². The van der Waals surface area contributed by atoms with E-state index in [4.69, 9.17) is 0 Å². The lowest BCUT2D eigenvalue weighted by atomic mass is 9.83. The molecule has 0 aliphatic carbocycles. The fourth-order valence-electron chi connectivity index (χ4n) is 7.66. The molecule has 1 heterocycles. The lowest BCUT2D eigenvalue weighted by Gasteiger charge is -2.20. The maximum atomic E-state index is 2.42. The largest absolute Gasteiger partial charge is 0.135 e. The molecule has 0 aliphatic rings. The van der Waals surface area contributed by atoms with E-state index in [1.807, 2.05) is 11.3 Å². The molecule has 0 amide bonds. The Kier molecular flexibility index (Phi) is 5.85. The minimum absolute atomic E-state index is 1.23. The molecule has 0 N–H and O–H groups in total. The molecule has 0 unspecified atom stereocenters. The van der Waals surface area contributed by atoms with Crippen molar-refractivity contribution in [3.63, 3.8) is 0 Å². The Morgan fingerprint density at radius 1 is 0.277 bits per heavy atom. The van der Waals surface area contributed by atoms with Crippen molar-refractivity contribution >= 4 is 74.6 Å². The molecule has 10 rings (SSSR count). The summed E-state index contributed by atoms with van der Waals surface area (Å²) >= 11 is 1.87. The zero-order valence-corrected chi connectivity index (χ0v) is 26.4. The summed E-state index contributed by atoms with van der Waals surface area (Å²) < 4.78 is 2.66. The molecule has 47 heavy (non-hydrogen) atoms. The summed E-state index contributed by atoms with van der Waals surface area (Å²) in [6.45, 7) is 0. The lowest BCUT2D eigenvalue weighted by molar-refractivity contribution is 1.63. The van der Waals surface area contributed by atoms with E-state index in [2.05, 4.69) is 170 Å². The smallest absolute Gasteiger partial charge is 0.0355 e. The van der Waals surface area contributed by atoms with Crippen molar-refractivity contribution < 1.29 is 0 Å². The normalized spacial score (nSPS) is 11.8. The van der Waals surface area contributed by atoms with Crippen molar-refractivity contribution in [3.05, 3.63) is 170 Å². The second-order valence-electron chi connectivity index (χ2n) is 12.5. The van der Waals surface area contributed by atoms with Crippen LogP contribution in [0.15, 0.2) is 170 Å². The molecule has 0 aliphatic heterocycles. The van der Waals surface area contributed by atoms with Gasteiger partial charge in [-0.2, -0.15) is 0 Å². The van der Waals surface area contributed by atoms with E-state index in [9.17, 15) is 0 Å². The highest BCUT2D eigenvalue weighted by Gasteiger charge is 2.19. The molecule has 0 nitrogen and oxygen atoms in total. The summed E-state index contributed by atoms with van der Waals surface area (Å²) in [4.78, 5) is 0. The van der Waals surface area contributed by atoms with E-state index in [1.165, 1.54) is 96.6 Å². The van der Waals surface area contributed by atoms with E-state index in [-0.39, 0.29) is 0 Å². The van der Waals surface area contributed by atoms with Crippen LogP contribution in [0.2, 0.25) is 0 Å². The molecule has 10 aromatic rings. The number of hydrogen-bond acceptors (Lipinski definition) is 1. The number of benzene rings is 9. The van der Waals surface area contributed by atoms with Gasteiger partial charge < -0.3 is 0 Å². The predicted octanol–water partition coefficient (Wildman–Crippen LogP) is 13.7. The molecule has 0 atom stereocenters. The first-order valence-electron chi connectivity index (χ1n) is 16.2. The van der Waals surface area contributed by atoms with Crippen LogP contribution in [0.25, 0.3) is 96.6 Å². The Hall–Kier alpha value is -5.76. The number of fused-ring (bicyclic) bond motifs is 8. The van der Waals surface area contributed by atoms with Crippen LogP contribution in [0.4, 0.5) is 0 Å². The molecule has 0 saturated carbocycles. The van der Waals surface area contributed by atoms with Crippen LogP contribution >= 0.6 is 11.3 Å². The average molecular weight is 613 g/mol. The molecule has 0 saturated heterocycles. The Bertz CT molecular complexity index is 2850. The van der Waals surface area contributed by atoms with Crippen molar-refractivity contribution in [3.8, 4) is 33.4 Å². The number of thiophene rings is 1. The maximum Gasteiger partial charge on any atom is 0.0355 e. The van der Waals surface area contributed by atoms with Gasteiger partial charge >= 0.3 is 0 Å². The van der Waals surface area contributed by atoms with Gasteiger partial charge in [-0.25, -0.2) is 0 Å². The Morgan fingerprint density at radius 2 is 0.872 bits per heavy atom. The molecule has 0 bridgehead atoms. The van der Waals surface area contributed by atoms with Crippen LogP contribution in [0.5, 0.6) is 0 Å². The number of hydrogen-bond donors (Lipinski definition) is 0. The van der Waals surface area contributed by atoms with Crippen molar-refractivity contribution in [1.82, 2.24) is 0 Å².